The Kier molecular flexibility index (Phi) is 6.64. The lowest BCUT2D eigenvalue weighted by Crippen LogP contribution is -2.43. The Balaban J connectivity index is 1.95. The van der Waals surface area contributed by atoms with Crippen LogP contribution in [0.25, 0.3) is 0 Å². The van der Waals surface area contributed by atoms with E-state index in [1.165, 1.54) is 11.3 Å². The Morgan fingerprint density at radius 2 is 2.24 bits per heavy atom. The van der Waals surface area contributed by atoms with Crippen LogP contribution in [-0.4, -0.2) is 61.6 Å². The maximum Gasteiger partial charge on any atom is 0.265 e. The fourth-order valence-electron chi connectivity index (χ4n) is 2.18. The molecule has 1 amide bonds. The van der Waals surface area contributed by atoms with Crippen LogP contribution in [0.2, 0.25) is 0 Å². The summed E-state index contributed by atoms with van der Waals surface area (Å²) in [5, 5.41) is 10.7. The second-order valence-corrected chi connectivity index (χ2v) is 6.52. The monoisotopic (exact) mass is 371 g/mol. The van der Waals surface area contributed by atoms with E-state index in [4.69, 9.17) is 10.00 Å². The molecule has 1 fully saturated rings. The van der Waals surface area contributed by atoms with E-state index in [1.54, 1.807) is 4.90 Å². The summed E-state index contributed by atoms with van der Waals surface area (Å²) in [4.78, 5) is 17.3. The summed E-state index contributed by atoms with van der Waals surface area (Å²) in [5.74, 6) is 0.000356. The number of rotatable bonds is 6. The van der Waals surface area contributed by atoms with Crippen LogP contribution in [0.3, 0.4) is 0 Å². The Bertz CT molecular complexity index is 509. The fourth-order valence-corrected chi connectivity index (χ4v) is 3.68. The Hall–Kier alpha value is -0.940. The van der Waals surface area contributed by atoms with Gasteiger partial charge in [-0.1, -0.05) is 0 Å². The van der Waals surface area contributed by atoms with Gasteiger partial charge in [-0.25, -0.2) is 0 Å². The predicted molar refractivity (Wildman–Crippen MR) is 85.4 cm³/mol. The number of morpholine rings is 1. The first kappa shape index (κ1) is 16.4. The molecule has 2 heterocycles. The highest BCUT2D eigenvalue weighted by Crippen LogP contribution is 2.24. The zero-order chi connectivity index (χ0) is 15.1. The Labute approximate surface area is 137 Å². The van der Waals surface area contributed by atoms with Crippen LogP contribution in [0.4, 0.5) is 0 Å². The highest BCUT2D eigenvalue weighted by molar-refractivity contribution is 9.10. The van der Waals surface area contributed by atoms with Gasteiger partial charge >= 0.3 is 0 Å². The number of amides is 1. The maximum absolute atomic E-state index is 12.6. The summed E-state index contributed by atoms with van der Waals surface area (Å²) < 4.78 is 6.15. The number of nitriles is 1. The van der Waals surface area contributed by atoms with Crippen molar-refractivity contribution in [3.05, 3.63) is 20.8 Å². The molecule has 0 aromatic carbocycles. The van der Waals surface area contributed by atoms with Gasteiger partial charge in [0.1, 0.15) is 4.88 Å². The second kappa shape index (κ2) is 8.49. The summed E-state index contributed by atoms with van der Waals surface area (Å²) in [6.45, 7) is 5.26. The predicted octanol–water partition coefficient (Wildman–Crippen LogP) is 2.20. The zero-order valence-electron chi connectivity index (χ0n) is 11.8. The van der Waals surface area contributed by atoms with Gasteiger partial charge in [0.2, 0.25) is 0 Å². The standard InChI is InChI=1S/C14H18BrN3O2S/c15-12-2-11-21-13(12)14(19)18(4-1-3-16)6-5-17-7-9-20-10-8-17/h2,11H,1,4-10H2. The molecular weight excluding hydrogens is 354 g/mol. The van der Waals surface area contributed by atoms with Crippen molar-refractivity contribution in [1.82, 2.24) is 9.80 Å². The van der Waals surface area contributed by atoms with Gasteiger partial charge in [0.05, 0.1) is 25.7 Å². The third kappa shape index (κ3) is 4.78. The van der Waals surface area contributed by atoms with Crippen molar-refractivity contribution in [2.75, 3.05) is 45.9 Å². The first-order chi connectivity index (χ1) is 10.2. The first-order valence-electron chi connectivity index (χ1n) is 6.91. The Morgan fingerprint density at radius 1 is 1.48 bits per heavy atom. The lowest BCUT2D eigenvalue weighted by molar-refractivity contribution is 0.0326. The summed E-state index contributed by atoms with van der Waals surface area (Å²) in [6.07, 6.45) is 0.359. The number of hydrogen-bond donors (Lipinski definition) is 0. The molecule has 0 atom stereocenters. The van der Waals surface area contributed by atoms with Gasteiger partial charge in [-0.15, -0.1) is 11.3 Å². The lowest BCUT2D eigenvalue weighted by atomic mass is 10.3. The van der Waals surface area contributed by atoms with Gasteiger partial charge in [-0.05, 0) is 27.4 Å². The lowest BCUT2D eigenvalue weighted by Gasteiger charge is -2.29. The molecule has 7 heteroatoms. The van der Waals surface area contributed by atoms with Crippen LogP contribution < -0.4 is 0 Å². The van der Waals surface area contributed by atoms with Crippen LogP contribution in [0.1, 0.15) is 16.1 Å². The van der Waals surface area contributed by atoms with Gasteiger partial charge in [-0.3, -0.25) is 9.69 Å². The number of halogens is 1. The van der Waals surface area contributed by atoms with E-state index in [1.807, 2.05) is 11.4 Å². The molecule has 0 aliphatic carbocycles. The van der Waals surface area contributed by atoms with Crippen molar-refractivity contribution in [2.45, 2.75) is 6.42 Å². The second-order valence-electron chi connectivity index (χ2n) is 4.75. The number of thiophene rings is 1. The van der Waals surface area contributed by atoms with Crippen molar-refractivity contribution >= 4 is 33.2 Å². The molecule has 21 heavy (non-hydrogen) atoms. The van der Waals surface area contributed by atoms with E-state index < -0.39 is 0 Å². The molecule has 0 radical (unpaired) electrons. The van der Waals surface area contributed by atoms with Crippen LogP contribution in [0.15, 0.2) is 15.9 Å². The molecule has 0 spiro atoms. The highest BCUT2D eigenvalue weighted by Gasteiger charge is 2.20. The van der Waals surface area contributed by atoms with Crippen LogP contribution in [-0.2, 0) is 4.74 Å². The average Bonchev–Trinajstić information content (AvgIpc) is 2.94. The SMILES string of the molecule is N#CCCN(CCN1CCOCC1)C(=O)c1sccc1Br. The Morgan fingerprint density at radius 3 is 2.86 bits per heavy atom. The molecule has 114 valence electrons. The van der Waals surface area contributed by atoms with Gasteiger partial charge in [0.15, 0.2) is 0 Å². The minimum absolute atomic E-state index is 0.000356. The summed E-state index contributed by atoms with van der Waals surface area (Å²) in [5.41, 5.74) is 0. The fraction of sp³-hybridized carbons (Fsp3) is 0.571. The maximum atomic E-state index is 12.6. The van der Waals surface area contributed by atoms with Gasteiger partial charge in [0, 0.05) is 37.2 Å². The van der Waals surface area contributed by atoms with Crippen molar-refractivity contribution in [3.63, 3.8) is 0 Å². The highest BCUT2D eigenvalue weighted by atomic mass is 79.9. The summed E-state index contributed by atoms with van der Waals surface area (Å²) in [6, 6.07) is 3.99. The van der Waals surface area contributed by atoms with E-state index >= 15 is 0 Å². The summed E-state index contributed by atoms with van der Waals surface area (Å²) in [7, 11) is 0. The van der Waals surface area contributed by atoms with Crippen molar-refractivity contribution in [1.29, 1.82) is 5.26 Å². The molecule has 0 unspecified atom stereocenters. The van der Waals surface area contributed by atoms with Crippen molar-refractivity contribution in [2.24, 2.45) is 0 Å². The van der Waals surface area contributed by atoms with E-state index in [-0.39, 0.29) is 5.91 Å². The van der Waals surface area contributed by atoms with Crippen molar-refractivity contribution < 1.29 is 9.53 Å². The quantitative estimate of drug-likeness (QED) is 0.768. The van der Waals surface area contributed by atoms with Crippen LogP contribution in [0, 0.1) is 11.3 Å². The third-order valence-electron chi connectivity index (χ3n) is 3.38. The van der Waals surface area contributed by atoms with E-state index in [2.05, 4.69) is 26.9 Å². The number of ether oxygens (including phenoxy) is 1. The molecule has 1 aromatic heterocycles. The van der Waals surface area contributed by atoms with E-state index in [0.717, 1.165) is 37.3 Å². The topological polar surface area (TPSA) is 56.6 Å². The molecule has 0 N–H and O–H groups in total. The number of carbonyl (C=O) groups is 1. The molecule has 0 bridgehead atoms. The van der Waals surface area contributed by atoms with E-state index in [0.29, 0.717) is 24.4 Å². The van der Waals surface area contributed by atoms with Crippen LogP contribution in [0.5, 0.6) is 0 Å². The van der Waals surface area contributed by atoms with Gasteiger partial charge in [-0.2, -0.15) is 5.26 Å². The minimum Gasteiger partial charge on any atom is -0.379 e. The van der Waals surface area contributed by atoms with Crippen LogP contribution >= 0.6 is 27.3 Å². The number of hydrogen-bond acceptors (Lipinski definition) is 5. The van der Waals surface area contributed by atoms with E-state index in [9.17, 15) is 4.79 Å². The number of carbonyl (C=O) groups excluding carboxylic acids is 1. The molecule has 5 nitrogen and oxygen atoms in total. The van der Waals surface area contributed by atoms with Gasteiger partial charge < -0.3 is 9.64 Å². The number of nitrogens with zero attached hydrogens (tertiary/aromatic N) is 3. The molecule has 1 aliphatic heterocycles. The smallest absolute Gasteiger partial charge is 0.265 e. The largest absolute Gasteiger partial charge is 0.379 e. The average molecular weight is 372 g/mol. The molecule has 1 saturated heterocycles. The third-order valence-corrected chi connectivity index (χ3v) is 5.21. The molecular formula is C14H18BrN3O2S. The summed E-state index contributed by atoms with van der Waals surface area (Å²) >= 11 is 4.83. The molecule has 1 aromatic rings. The molecule has 2 rings (SSSR count). The van der Waals surface area contributed by atoms with Gasteiger partial charge in [0.25, 0.3) is 5.91 Å². The van der Waals surface area contributed by atoms with Crippen molar-refractivity contribution in [3.8, 4) is 6.07 Å². The molecule has 0 saturated carbocycles. The molecule has 1 aliphatic rings. The normalized spacial score (nSPS) is 15.6. The first-order valence-corrected chi connectivity index (χ1v) is 8.59. The zero-order valence-corrected chi connectivity index (χ0v) is 14.2. The minimum atomic E-state index is 0.000356.